The average molecular weight is 586 g/mol. The van der Waals surface area contributed by atoms with Crippen LogP contribution in [0.3, 0.4) is 0 Å². The predicted molar refractivity (Wildman–Crippen MR) is 160 cm³/mol. The van der Waals surface area contributed by atoms with E-state index in [1.165, 1.54) is 11.1 Å². The predicted octanol–water partition coefficient (Wildman–Crippen LogP) is 3.02. The maximum absolute atomic E-state index is 13.4. The summed E-state index contributed by atoms with van der Waals surface area (Å²) in [7, 11) is 1.90. The largest absolute Gasteiger partial charge is 0.383 e. The highest BCUT2D eigenvalue weighted by Crippen LogP contribution is 2.29. The molecular formula is C29H31N9O3S. The van der Waals surface area contributed by atoms with Crippen molar-refractivity contribution in [3.8, 4) is 6.07 Å². The van der Waals surface area contributed by atoms with Crippen LogP contribution in [0.1, 0.15) is 33.6 Å². The molecule has 5 heterocycles. The van der Waals surface area contributed by atoms with Gasteiger partial charge in [-0.1, -0.05) is 0 Å². The molecule has 0 saturated carbocycles. The van der Waals surface area contributed by atoms with Gasteiger partial charge in [0.25, 0.3) is 0 Å². The number of amides is 3. The molecule has 0 aromatic carbocycles. The maximum Gasteiger partial charge on any atom is 0.328 e. The molecule has 12 nitrogen and oxygen atoms in total. The first-order valence-electron chi connectivity index (χ1n) is 13.6. The van der Waals surface area contributed by atoms with E-state index >= 15 is 0 Å². The number of thioether (sulfide) groups is 1. The van der Waals surface area contributed by atoms with Crippen LogP contribution in [0.5, 0.6) is 0 Å². The highest BCUT2D eigenvalue weighted by atomic mass is 32.2. The molecule has 3 amide bonds. The summed E-state index contributed by atoms with van der Waals surface area (Å²) >= 11 is 1.64. The number of aryl methyl sites for hydroxylation is 1. The van der Waals surface area contributed by atoms with E-state index in [9.17, 15) is 19.6 Å². The van der Waals surface area contributed by atoms with E-state index < -0.39 is 6.03 Å². The number of likely N-dealkylation sites (N-methyl/N-ethyl adjacent to an activating group) is 1. The number of carbonyl (C=O) groups excluding carboxylic acids is 3. The Labute approximate surface area is 248 Å². The molecule has 13 heteroatoms. The number of hydrogen-bond acceptors (Lipinski definition) is 10. The maximum atomic E-state index is 13.4. The fourth-order valence-corrected chi connectivity index (χ4v) is 5.66. The van der Waals surface area contributed by atoms with Gasteiger partial charge in [-0.2, -0.15) is 5.26 Å². The molecule has 5 rings (SSSR count). The normalized spacial score (nSPS) is 15.1. The number of nitrogens with zero attached hydrogens (tertiary/aromatic N) is 7. The molecule has 0 atom stereocenters. The summed E-state index contributed by atoms with van der Waals surface area (Å²) in [5.41, 5.74) is 2.67. The van der Waals surface area contributed by atoms with Crippen molar-refractivity contribution in [2.75, 3.05) is 61.1 Å². The van der Waals surface area contributed by atoms with E-state index in [4.69, 9.17) is 0 Å². The summed E-state index contributed by atoms with van der Waals surface area (Å²) in [6, 6.07) is 9.09. The molecule has 42 heavy (non-hydrogen) atoms. The number of nitriles is 1. The van der Waals surface area contributed by atoms with Crippen LogP contribution in [-0.2, 0) is 17.8 Å². The monoisotopic (exact) mass is 585 g/mol. The van der Waals surface area contributed by atoms with Crippen molar-refractivity contribution in [3.63, 3.8) is 0 Å². The lowest BCUT2D eigenvalue weighted by atomic mass is 10.0. The Morgan fingerprint density at radius 2 is 2.12 bits per heavy atom. The van der Waals surface area contributed by atoms with E-state index in [0.29, 0.717) is 68.1 Å². The van der Waals surface area contributed by atoms with Gasteiger partial charge in [0.2, 0.25) is 5.91 Å². The van der Waals surface area contributed by atoms with E-state index in [2.05, 4.69) is 31.7 Å². The first-order valence-corrected chi connectivity index (χ1v) is 14.6. The van der Waals surface area contributed by atoms with Gasteiger partial charge < -0.3 is 10.2 Å². The number of fused-ring (bicyclic) bond motifs is 1. The smallest absolute Gasteiger partial charge is 0.328 e. The van der Waals surface area contributed by atoms with Gasteiger partial charge >= 0.3 is 6.03 Å². The van der Waals surface area contributed by atoms with Gasteiger partial charge in [-0.3, -0.25) is 29.7 Å². The summed E-state index contributed by atoms with van der Waals surface area (Å²) in [4.78, 5) is 57.1. The van der Waals surface area contributed by atoms with E-state index in [-0.39, 0.29) is 17.4 Å². The number of rotatable bonds is 9. The summed E-state index contributed by atoms with van der Waals surface area (Å²) in [6.45, 7) is 3.00. The van der Waals surface area contributed by atoms with Crippen molar-refractivity contribution < 1.29 is 14.4 Å². The van der Waals surface area contributed by atoms with Crippen LogP contribution in [0.25, 0.3) is 0 Å². The van der Waals surface area contributed by atoms with Crippen molar-refractivity contribution in [2.45, 2.75) is 24.3 Å². The first-order chi connectivity index (χ1) is 20.4. The molecule has 0 radical (unpaired) electrons. The van der Waals surface area contributed by atoms with Crippen molar-refractivity contribution in [2.24, 2.45) is 0 Å². The number of nitrogens with one attached hydrogen (secondary N) is 2. The van der Waals surface area contributed by atoms with Gasteiger partial charge in [-0.15, -0.1) is 11.8 Å². The number of hydrogen-bond donors (Lipinski definition) is 2. The lowest BCUT2D eigenvalue weighted by Gasteiger charge is -2.33. The van der Waals surface area contributed by atoms with Crippen molar-refractivity contribution in [1.82, 2.24) is 24.8 Å². The van der Waals surface area contributed by atoms with Crippen LogP contribution in [0, 0.1) is 11.3 Å². The van der Waals surface area contributed by atoms with Gasteiger partial charge in [0.15, 0.2) is 6.29 Å². The molecule has 2 aliphatic rings. The summed E-state index contributed by atoms with van der Waals surface area (Å²) in [6.07, 6.45) is 7.04. The van der Waals surface area contributed by atoms with Crippen LogP contribution < -0.4 is 15.5 Å². The zero-order valence-electron chi connectivity index (χ0n) is 23.2. The quantitative estimate of drug-likeness (QED) is 0.218. The minimum atomic E-state index is -0.433. The minimum Gasteiger partial charge on any atom is -0.383 e. The van der Waals surface area contributed by atoms with Crippen molar-refractivity contribution in [3.05, 3.63) is 65.2 Å². The molecule has 3 aromatic rings. The third kappa shape index (κ3) is 6.84. The van der Waals surface area contributed by atoms with Gasteiger partial charge in [0, 0.05) is 73.6 Å². The van der Waals surface area contributed by atoms with Crippen LogP contribution in [0.4, 0.5) is 22.1 Å². The van der Waals surface area contributed by atoms with Crippen LogP contribution in [0.15, 0.2) is 47.8 Å². The lowest BCUT2D eigenvalue weighted by molar-refractivity contribution is -0.136. The average Bonchev–Trinajstić information content (AvgIpc) is 3.00. The Kier molecular flexibility index (Phi) is 9.25. The molecular weight excluding hydrogens is 554 g/mol. The molecule has 1 saturated heterocycles. The van der Waals surface area contributed by atoms with Crippen LogP contribution >= 0.6 is 11.8 Å². The number of aldehydes is 1. The highest BCUT2D eigenvalue weighted by molar-refractivity contribution is 7.99. The fraction of sp³-hybridized carbons (Fsp3) is 0.345. The second-order valence-corrected chi connectivity index (χ2v) is 11.2. The zero-order chi connectivity index (χ0) is 29.5. The van der Waals surface area contributed by atoms with Gasteiger partial charge in [-0.25, -0.2) is 14.8 Å². The number of urea groups is 1. The number of anilines is 3. The number of pyridine rings is 3. The second-order valence-electron chi connectivity index (χ2n) is 10.1. The standard InChI is InChI=1S/C29H31N9O3S/c1-36-9-10-37(27(40)18-36)17-21-12-20-4-3-8-38(28(20)34-25(21)19-39)29(41)35-26-13-24(22(14-30)15-33-26)32-7-11-42-23-5-2-6-31-16-23/h2,5-6,12-13,15-16,19H,3-4,7-11,17-18H2,1H3,(H2,32,33,35,41). The van der Waals surface area contributed by atoms with Crippen LogP contribution in [0.2, 0.25) is 0 Å². The zero-order valence-corrected chi connectivity index (χ0v) is 24.1. The van der Waals surface area contributed by atoms with Gasteiger partial charge in [0.05, 0.1) is 17.8 Å². The third-order valence-corrected chi connectivity index (χ3v) is 8.07. The Hall–Kier alpha value is -4.54. The topological polar surface area (TPSA) is 147 Å². The van der Waals surface area contributed by atoms with E-state index in [0.717, 1.165) is 29.2 Å². The van der Waals surface area contributed by atoms with E-state index in [1.54, 1.807) is 35.1 Å². The molecule has 2 aliphatic heterocycles. The number of aromatic nitrogens is 3. The van der Waals surface area contributed by atoms with Crippen LogP contribution in [-0.4, -0.2) is 88.5 Å². The molecule has 1 fully saturated rings. The Bertz CT molecular complexity index is 1510. The molecule has 0 bridgehead atoms. The molecule has 0 aliphatic carbocycles. The minimum absolute atomic E-state index is 0.00958. The summed E-state index contributed by atoms with van der Waals surface area (Å²) < 4.78 is 0. The fourth-order valence-electron chi connectivity index (χ4n) is 4.91. The third-order valence-electron chi connectivity index (χ3n) is 7.08. The Morgan fingerprint density at radius 3 is 2.88 bits per heavy atom. The van der Waals surface area contributed by atoms with Crippen molar-refractivity contribution in [1.29, 1.82) is 5.26 Å². The molecule has 0 unspecified atom stereocenters. The molecule has 0 spiro atoms. The number of carbonyl (C=O) groups is 3. The first kappa shape index (κ1) is 29.0. The summed E-state index contributed by atoms with van der Waals surface area (Å²) in [5.74, 6) is 1.47. The second kappa shape index (κ2) is 13.4. The molecule has 2 N–H and O–H groups in total. The molecule has 216 valence electrons. The SMILES string of the molecule is CN1CCN(Cc2cc3c(nc2C=O)N(C(=O)Nc2cc(NCCSc4cccnc4)c(C#N)cn2)CCC3)C(=O)C1. The Morgan fingerprint density at radius 1 is 1.24 bits per heavy atom. The van der Waals surface area contributed by atoms with Gasteiger partial charge in [0.1, 0.15) is 23.4 Å². The highest BCUT2D eigenvalue weighted by Gasteiger charge is 2.28. The van der Waals surface area contributed by atoms with Crippen molar-refractivity contribution >= 4 is 47.3 Å². The lowest BCUT2D eigenvalue weighted by Crippen LogP contribution is -2.48. The molecule has 3 aromatic heterocycles. The summed E-state index contributed by atoms with van der Waals surface area (Å²) in [5, 5.41) is 15.6. The Balaban J connectivity index is 1.27. The van der Waals surface area contributed by atoms with Gasteiger partial charge in [-0.05, 0) is 43.7 Å². The number of piperazine rings is 1. The van der Waals surface area contributed by atoms with E-state index in [1.807, 2.05) is 30.1 Å².